The van der Waals surface area contributed by atoms with Gasteiger partial charge >= 0.3 is 0 Å². The summed E-state index contributed by atoms with van der Waals surface area (Å²) in [6.07, 6.45) is 5.50. The highest BCUT2D eigenvalue weighted by Gasteiger charge is 2.26. The minimum absolute atomic E-state index is 0.145. The lowest BCUT2D eigenvalue weighted by Gasteiger charge is -2.20. The number of nitrogens with one attached hydrogen (secondary N) is 1. The molecule has 194 valence electrons. The first kappa shape index (κ1) is 27.2. The van der Waals surface area contributed by atoms with Crippen LogP contribution in [0, 0.1) is 24.2 Å². The van der Waals surface area contributed by atoms with Crippen LogP contribution in [0.25, 0.3) is 0 Å². The van der Waals surface area contributed by atoms with Crippen molar-refractivity contribution in [2.75, 3.05) is 11.1 Å². The Morgan fingerprint density at radius 1 is 1.49 bits per heavy atom. The Labute approximate surface area is 230 Å². The highest BCUT2D eigenvalue weighted by Crippen LogP contribution is 2.40. The molecular weight excluding hydrogens is 526 g/mol. The van der Waals surface area contributed by atoms with Crippen LogP contribution < -0.4 is 10.1 Å². The fourth-order valence-corrected chi connectivity index (χ4v) is 6.81. The van der Waals surface area contributed by atoms with Crippen LogP contribution in [0.4, 0.5) is 5.00 Å². The molecule has 2 unspecified atom stereocenters. The summed E-state index contributed by atoms with van der Waals surface area (Å²) >= 11 is 8.90. The molecule has 2 aromatic heterocycles. The van der Waals surface area contributed by atoms with Crippen LogP contribution in [0.1, 0.15) is 60.2 Å². The monoisotopic (exact) mass is 555 g/mol. The van der Waals surface area contributed by atoms with Crippen molar-refractivity contribution in [2.45, 2.75) is 64.3 Å². The molecule has 0 fully saturated rings. The predicted octanol–water partition coefficient (Wildman–Crippen LogP) is 6.74. The van der Waals surface area contributed by atoms with Crippen LogP contribution in [0.15, 0.2) is 36.0 Å². The quantitative estimate of drug-likeness (QED) is 0.220. The molecule has 7 nitrogen and oxygen atoms in total. The number of anilines is 1. The van der Waals surface area contributed by atoms with E-state index in [1.807, 2.05) is 30.5 Å². The zero-order valence-electron chi connectivity index (χ0n) is 21.2. The number of aryl methyl sites for hydroxylation is 1. The van der Waals surface area contributed by atoms with Crippen molar-refractivity contribution < 1.29 is 9.53 Å². The average molecular weight is 556 g/mol. The molecule has 37 heavy (non-hydrogen) atoms. The van der Waals surface area contributed by atoms with Crippen LogP contribution in [-0.2, 0) is 24.2 Å². The normalized spacial score (nSPS) is 15.5. The summed E-state index contributed by atoms with van der Waals surface area (Å²) < 4.78 is 8.04. The van der Waals surface area contributed by atoms with E-state index >= 15 is 0 Å². The van der Waals surface area contributed by atoms with Gasteiger partial charge in [0, 0.05) is 16.4 Å². The molecule has 1 aliphatic rings. The number of halogens is 1. The van der Waals surface area contributed by atoms with Crippen LogP contribution in [-0.4, -0.2) is 26.4 Å². The number of allylic oxidation sites excluding steroid dienone is 1. The Kier molecular flexibility index (Phi) is 8.95. The zero-order valence-corrected chi connectivity index (χ0v) is 23.6. The minimum Gasteiger partial charge on any atom is -0.482 e. The van der Waals surface area contributed by atoms with Crippen LogP contribution in [0.5, 0.6) is 5.75 Å². The highest BCUT2D eigenvalue weighted by molar-refractivity contribution is 7.99. The third-order valence-electron chi connectivity index (χ3n) is 6.50. The topological polar surface area (TPSA) is 92.8 Å². The maximum Gasteiger partial charge on any atom is 0.235 e. The molecule has 1 N–H and O–H groups in total. The maximum atomic E-state index is 12.9. The molecule has 0 spiro atoms. The van der Waals surface area contributed by atoms with Gasteiger partial charge < -0.3 is 10.1 Å². The summed E-state index contributed by atoms with van der Waals surface area (Å²) in [4.78, 5) is 14.1. The Balaban J connectivity index is 1.44. The second kappa shape index (κ2) is 12.2. The summed E-state index contributed by atoms with van der Waals surface area (Å²) in [7, 11) is 0. The number of aromatic nitrogens is 3. The summed E-state index contributed by atoms with van der Waals surface area (Å²) in [5.41, 5.74) is 2.66. The van der Waals surface area contributed by atoms with Crippen molar-refractivity contribution in [2.24, 2.45) is 5.92 Å². The van der Waals surface area contributed by atoms with E-state index in [1.165, 1.54) is 16.6 Å². The van der Waals surface area contributed by atoms with Gasteiger partial charge in [-0.1, -0.05) is 42.8 Å². The minimum atomic E-state index is -0.377. The number of carbonyl (C=O) groups is 1. The number of amides is 1. The Morgan fingerprint density at radius 3 is 3.00 bits per heavy atom. The second-order valence-corrected chi connectivity index (χ2v) is 11.6. The molecule has 1 aromatic carbocycles. The fraction of sp³-hybridized carbons (Fsp3) is 0.407. The van der Waals surface area contributed by atoms with Crippen molar-refractivity contribution in [3.8, 4) is 11.8 Å². The molecule has 2 heterocycles. The lowest BCUT2D eigenvalue weighted by Crippen LogP contribution is -2.16. The standard InChI is InChI=1S/C27H30ClN5O2S2/c1-5-11-33-25(17(4)35-22-10-8-19(28)12-16(22)3)31-32-27(33)36-15-24(34)30-26-21(14-29)20-9-7-18(6-2)13-23(20)37-26/h5,8,10,12,17-18H,1,6-7,9,11,13,15H2,2-4H3,(H,30,34). The van der Waals surface area contributed by atoms with Gasteiger partial charge in [0.05, 0.1) is 11.3 Å². The van der Waals surface area contributed by atoms with Crippen molar-refractivity contribution >= 4 is 45.6 Å². The van der Waals surface area contributed by atoms with Gasteiger partial charge in [-0.2, -0.15) is 5.26 Å². The number of ether oxygens (including phenoxy) is 1. The van der Waals surface area contributed by atoms with E-state index in [0.29, 0.717) is 39.0 Å². The largest absolute Gasteiger partial charge is 0.482 e. The lowest BCUT2D eigenvalue weighted by molar-refractivity contribution is -0.113. The van der Waals surface area contributed by atoms with Gasteiger partial charge in [0.1, 0.15) is 16.8 Å². The molecular formula is C27H30ClN5O2S2. The number of hydrogen-bond acceptors (Lipinski definition) is 7. The number of thiophene rings is 1. The van der Waals surface area contributed by atoms with Crippen LogP contribution >= 0.6 is 34.7 Å². The van der Waals surface area contributed by atoms with Gasteiger partial charge in [0.2, 0.25) is 5.91 Å². The Morgan fingerprint density at radius 2 is 2.30 bits per heavy atom. The SMILES string of the molecule is C=CCn1c(SCC(=O)Nc2sc3c(c2C#N)CCC(CC)C3)nnc1C(C)Oc1ccc(Cl)cc1C. The first-order valence-electron chi connectivity index (χ1n) is 12.3. The van der Waals surface area contributed by atoms with Gasteiger partial charge in [-0.05, 0) is 68.4 Å². The molecule has 4 rings (SSSR count). The smallest absolute Gasteiger partial charge is 0.235 e. The number of carbonyl (C=O) groups excluding carboxylic acids is 1. The van der Waals surface area contributed by atoms with Gasteiger partial charge in [0.15, 0.2) is 17.1 Å². The molecule has 0 aliphatic heterocycles. The van der Waals surface area contributed by atoms with Gasteiger partial charge in [-0.15, -0.1) is 28.1 Å². The van der Waals surface area contributed by atoms with Crippen molar-refractivity contribution in [1.29, 1.82) is 5.26 Å². The van der Waals surface area contributed by atoms with E-state index in [-0.39, 0.29) is 17.8 Å². The number of thioether (sulfide) groups is 1. The number of rotatable bonds is 10. The van der Waals surface area contributed by atoms with Crippen LogP contribution in [0.3, 0.4) is 0 Å². The Bertz CT molecular complexity index is 1340. The molecule has 10 heteroatoms. The molecule has 0 bridgehead atoms. The average Bonchev–Trinajstić information content (AvgIpc) is 3.44. The number of nitriles is 1. The van der Waals surface area contributed by atoms with E-state index in [2.05, 4.69) is 35.1 Å². The van der Waals surface area contributed by atoms with Gasteiger partial charge in [0.25, 0.3) is 0 Å². The number of nitrogens with zero attached hydrogens (tertiary/aromatic N) is 4. The molecule has 0 radical (unpaired) electrons. The van der Waals surface area contributed by atoms with Crippen molar-refractivity contribution in [1.82, 2.24) is 14.8 Å². The van der Waals surface area contributed by atoms with Crippen molar-refractivity contribution in [3.05, 3.63) is 63.3 Å². The van der Waals surface area contributed by atoms with Gasteiger partial charge in [-0.25, -0.2) is 0 Å². The molecule has 0 saturated heterocycles. The number of hydrogen-bond donors (Lipinski definition) is 1. The molecule has 1 amide bonds. The van der Waals surface area contributed by atoms with Crippen molar-refractivity contribution in [3.63, 3.8) is 0 Å². The molecule has 3 aromatic rings. The summed E-state index contributed by atoms with van der Waals surface area (Å²) in [5, 5.41) is 23.3. The first-order valence-corrected chi connectivity index (χ1v) is 14.5. The van der Waals surface area contributed by atoms with E-state index in [4.69, 9.17) is 16.3 Å². The summed E-state index contributed by atoms with van der Waals surface area (Å²) in [6.45, 7) is 10.4. The van der Waals surface area contributed by atoms with Crippen LogP contribution in [0.2, 0.25) is 5.02 Å². The highest BCUT2D eigenvalue weighted by atomic mass is 35.5. The second-order valence-electron chi connectivity index (χ2n) is 9.08. The lowest BCUT2D eigenvalue weighted by atomic mass is 9.86. The molecule has 1 aliphatic carbocycles. The fourth-order valence-electron chi connectivity index (χ4n) is 4.50. The van der Waals surface area contributed by atoms with E-state index in [0.717, 1.165) is 42.6 Å². The molecule has 0 saturated carbocycles. The molecule has 2 atom stereocenters. The predicted molar refractivity (Wildman–Crippen MR) is 150 cm³/mol. The Hall–Kier alpha value is -2.80. The van der Waals surface area contributed by atoms with Gasteiger partial charge in [-0.3, -0.25) is 9.36 Å². The maximum absolute atomic E-state index is 12.9. The number of fused-ring (bicyclic) bond motifs is 1. The van der Waals surface area contributed by atoms with E-state index in [1.54, 1.807) is 23.5 Å². The third kappa shape index (κ3) is 6.20. The zero-order chi connectivity index (χ0) is 26.5. The summed E-state index contributed by atoms with van der Waals surface area (Å²) in [5.74, 6) is 1.97. The first-order chi connectivity index (χ1) is 17.8. The van der Waals surface area contributed by atoms with E-state index < -0.39 is 0 Å². The third-order valence-corrected chi connectivity index (χ3v) is 8.87. The number of benzene rings is 1. The summed E-state index contributed by atoms with van der Waals surface area (Å²) in [6, 6.07) is 7.79. The van der Waals surface area contributed by atoms with E-state index in [9.17, 15) is 10.1 Å².